The van der Waals surface area contributed by atoms with Crippen LogP contribution in [-0.4, -0.2) is 6.67 Å². The van der Waals surface area contributed by atoms with Crippen LogP contribution in [0.5, 0.6) is 0 Å². The molecule has 0 aliphatic rings. The van der Waals surface area contributed by atoms with E-state index in [0.717, 1.165) is 14.5 Å². The Bertz CT molecular complexity index is 283. The number of alkyl halides is 1. The fourth-order valence-electron chi connectivity index (χ4n) is 0.882. The fourth-order valence-corrected chi connectivity index (χ4v) is 1.80. The van der Waals surface area contributed by atoms with Gasteiger partial charge in [-0.05, 0) is 23.8 Å². The molecule has 0 saturated heterocycles. The zero-order valence-corrected chi connectivity index (χ0v) is 10.6. The predicted molar refractivity (Wildman–Crippen MR) is 62.0 cm³/mol. The Labute approximate surface area is 99.6 Å². The van der Waals surface area contributed by atoms with Crippen LogP contribution in [0, 0.1) is 0 Å². The van der Waals surface area contributed by atoms with Crippen molar-refractivity contribution in [3.63, 3.8) is 0 Å². The summed E-state index contributed by atoms with van der Waals surface area (Å²) in [5.41, 5.74) is 6.32. The van der Waals surface area contributed by atoms with Gasteiger partial charge in [-0.1, -0.05) is 31.9 Å². The predicted octanol–water partition coefficient (Wildman–Crippen LogP) is 3.60. The van der Waals surface area contributed by atoms with Gasteiger partial charge in [0, 0.05) is 8.95 Å². The first-order chi connectivity index (χ1) is 5.65. The molecule has 1 nitrogen and oxygen atoms in total. The Balaban J connectivity index is 0.00000144. The van der Waals surface area contributed by atoms with Gasteiger partial charge in [0.2, 0.25) is 0 Å². The van der Waals surface area contributed by atoms with E-state index in [9.17, 15) is 4.39 Å². The maximum Gasteiger partial charge on any atom is 0.109 e. The minimum Gasteiger partial charge on any atom is -0.322 e. The van der Waals surface area contributed by atoms with Crippen LogP contribution in [0.25, 0.3) is 0 Å². The Morgan fingerprint density at radius 1 is 1.38 bits per heavy atom. The molecule has 1 rings (SSSR count). The molecule has 0 heterocycles. The second kappa shape index (κ2) is 5.96. The first kappa shape index (κ1) is 13.4. The molecule has 0 aliphatic carbocycles. The topological polar surface area (TPSA) is 26.0 Å². The van der Waals surface area contributed by atoms with E-state index < -0.39 is 12.7 Å². The molecular formula is C8H9Br2ClFN. The van der Waals surface area contributed by atoms with Crippen LogP contribution < -0.4 is 5.73 Å². The van der Waals surface area contributed by atoms with Gasteiger partial charge < -0.3 is 5.73 Å². The first-order valence-corrected chi connectivity index (χ1v) is 5.00. The van der Waals surface area contributed by atoms with Crippen molar-refractivity contribution in [1.82, 2.24) is 0 Å². The molecule has 1 atom stereocenters. The SMILES string of the molecule is Cl.N[C@@H](CF)c1cc(Br)ccc1Br. The number of halogens is 4. The molecule has 1 aromatic carbocycles. The van der Waals surface area contributed by atoms with Gasteiger partial charge in [-0.3, -0.25) is 0 Å². The quantitative estimate of drug-likeness (QED) is 0.879. The van der Waals surface area contributed by atoms with Crippen LogP contribution in [0.1, 0.15) is 11.6 Å². The van der Waals surface area contributed by atoms with Crippen molar-refractivity contribution in [3.05, 3.63) is 32.7 Å². The van der Waals surface area contributed by atoms with E-state index in [0.29, 0.717) is 0 Å². The summed E-state index contributed by atoms with van der Waals surface area (Å²) in [6.07, 6.45) is 0. The van der Waals surface area contributed by atoms with E-state index in [2.05, 4.69) is 31.9 Å². The van der Waals surface area contributed by atoms with Crippen molar-refractivity contribution in [3.8, 4) is 0 Å². The third-order valence-corrected chi connectivity index (χ3v) is 2.74. The van der Waals surface area contributed by atoms with Gasteiger partial charge in [-0.25, -0.2) is 4.39 Å². The number of benzene rings is 1. The van der Waals surface area contributed by atoms with Crippen molar-refractivity contribution in [2.45, 2.75) is 6.04 Å². The summed E-state index contributed by atoms with van der Waals surface area (Å²) in [6, 6.07) is 4.99. The molecule has 1 aromatic rings. The van der Waals surface area contributed by atoms with Crippen molar-refractivity contribution in [2.75, 3.05) is 6.67 Å². The molecule has 0 fully saturated rings. The summed E-state index contributed by atoms with van der Waals surface area (Å²) < 4.78 is 14.0. The first-order valence-electron chi connectivity index (χ1n) is 3.41. The molecule has 0 aromatic heterocycles. The van der Waals surface area contributed by atoms with Crippen molar-refractivity contribution in [1.29, 1.82) is 0 Å². The summed E-state index contributed by atoms with van der Waals surface area (Å²) in [7, 11) is 0. The molecule has 0 bridgehead atoms. The van der Waals surface area contributed by atoms with Crippen LogP contribution in [0.4, 0.5) is 4.39 Å². The largest absolute Gasteiger partial charge is 0.322 e. The highest BCUT2D eigenvalue weighted by Gasteiger charge is 2.09. The average Bonchev–Trinajstić information content (AvgIpc) is 2.08. The minimum absolute atomic E-state index is 0. The highest BCUT2D eigenvalue weighted by molar-refractivity contribution is 9.11. The lowest BCUT2D eigenvalue weighted by atomic mass is 10.1. The summed E-state index contributed by atoms with van der Waals surface area (Å²) in [6.45, 7) is -0.547. The molecule has 5 heteroatoms. The molecule has 0 aliphatic heterocycles. The van der Waals surface area contributed by atoms with Crippen molar-refractivity contribution >= 4 is 44.3 Å². The highest BCUT2D eigenvalue weighted by Crippen LogP contribution is 2.25. The molecule has 0 radical (unpaired) electrons. The average molecular weight is 333 g/mol. The maximum atomic E-state index is 12.2. The van der Waals surface area contributed by atoms with Crippen LogP contribution >= 0.6 is 44.3 Å². The van der Waals surface area contributed by atoms with Gasteiger partial charge in [-0.2, -0.15) is 0 Å². The second-order valence-electron chi connectivity index (χ2n) is 2.43. The molecule has 0 spiro atoms. The fraction of sp³-hybridized carbons (Fsp3) is 0.250. The van der Waals surface area contributed by atoms with Gasteiger partial charge in [0.05, 0.1) is 6.04 Å². The second-order valence-corrected chi connectivity index (χ2v) is 4.20. The number of rotatable bonds is 2. The van der Waals surface area contributed by atoms with E-state index in [-0.39, 0.29) is 12.4 Å². The molecule has 0 amide bonds. The van der Waals surface area contributed by atoms with Crippen LogP contribution in [-0.2, 0) is 0 Å². The van der Waals surface area contributed by atoms with E-state index in [1.54, 1.807) is 0 Å². The molecule has 0 saturated carbocycles. The van der Waals surface area contributed by atoms with Gasteiger partial charge in [0.1, 0.15) is 6.67 Å². The molecule has 2 N–H and O–H groups in total. The standard InChI is InChI=1S/C8H8Br2FN.ClH/c9-5-1-2-7(10)6(3-5)8(12)4-11;/h1-3,8H,4,12H2;1H/t8-;/m0./s1. The summed E-state index contributed by atoms with van der Waals surface area (Å²) in [4.78, 5) is 0. The third-order valence-electron chi connectivity index (χ3n) is 1.52. The van der Waals surface area contributed by atoms with Crippen molar-refractivity contribution < 1.29 is 4.39 Å². The maximum absolute atomic E-state index is 12.2. The van der Waals surface area contributed by atoms with E-state index in [4.69, 9.17) is 5.73 Å². The Morgan fingerprint density at radius 3 is 2.54 bits per heavy atom. The number of nitrogens with two attached hydrogens (primary N) is 1. The van der Waals surface area contributed by atoms with Gasteiger partial charge >= 0.3 is 0 Å². The normalized spacial score (nSPS) is 12.0. The van der Waals surface area contributed by atoms with Crippen molar-refractivity contribution in [2.24, 2.45) is 5.73 Å². The van der Waals surface area contributed by atoms with E-state index >= 15 is 0 Å². The smallest absolute Gasteiger partial charge is 0.109 e. The number of hydrogen-bond donors (Lipinski definition) is 1. The van der Waals surface area contributed by atoms with E-state index in [1.165, 1.54) is 0 Å². The lowest BCUT2D eigenvalue weighted by molar-refractivity contribution is 0.436. The Hall–Kier alpha value is 0.360. The van der Waals surface area contributed by atoms with Crippen LogP contribution in [0.15, 0.2) is 27.1 Å². The van der Waals surface area contributed by atoms with Gasteiger partial charge in [0.25, 0.3) is 0 Å². The lowest BCUT2D eigenvalue weighted by Gasteiger charge is -2.09. The zero-order chi connectivity index (χ0) is 9.14. The highest BCUT2D eigenvalue weighted by atomic mass is 79.9. The minimum atomic E-state index is -0.547. The molecular weight excluding hydrogens is 324 g/mol. The number of hydrogen-bond acceptors (Lipinski definition) is 1. The van der Waals surface area contributed by atoms with Gasteiger partial charge in [-0.15, -0.1) is 12.4 Å². The van der Waals surface area contributed by atoms with Gasteiger partial charge in [0.15, 0.2) is 0 Å². The Kier molecular flexibility index (Phi) is 6.12. The summed E-state index contributed by atoms with van der Waals surface area (Å²) >= 11 is 6.60. The Morgan fingerprint density at radius 2 is 2.00 bits per heavy atom. The monoisotopic (exact) mass is 331 g/mol. The molecule has 74 valence electrons. The van der Waals surface area contributed by atoms with Crippen LogP contribution in [0.2, 0.25) is 0 Å². The zero-order valence-electron chi connectivity index (χ0n) is 6.64. The summed E-state index contributed by atoms with van der Waals surface area (Å²) in [5.74, 6) is 0. The summed E-state index contributed by atoms with van der Waals surface area (Å²) in [5, 5.41) is 0. The lowest BCUT2D eigenvalue weighted by Crippen LogP contribution is -2.12. The molecule has 0 unspecified atom stereocenters. The third kappa shape index (κ3) is 3.54. The molecule has 13 heavy (non-hydrogen) atoms. The van der Waals surface area contributed by atoms with Crippen LogP contribution in [0.3, 0.4) is 0 Å². The van der Waals surface area contributed by atoms with E-state index in [1.807, 2.05) is 18.2 Å².